The Morgan fingerprint density at radius 3 is 2.22 bits per heavy atom. The summed E-state index contributed by atoms with van der Waals surface area (Å²) in [7, 11) is 0. The largest absolute Gasteiger partial charge is 0.355 e. The summed E-state index contributed by atoms with van der Waals surface area (Å²) in [5.74, 6) is -0.759. The second kappa shape index (κ2) is 8.90. The van der Waals surface area contributed by atoms with Crippen molar-refractivity contribution in [3.63, 3.8) is 0 Å². The van der Waals surface area contributed by atoms with Gasteiger partial charge in [0.05, 0.1) is 0 Å². The number of carbonyl (C=O) groups is 2. The lowest BCUT2D eigenvalue weighted by molar-refractivity contribution is -0.132. The maximum atomic E-state index is 11.9. The van der Waals surface area contributed by atoms with Crippen LogP contribution in [-0.4, -0.2) is 18.2 Å². The minimum atomic E-state index is -0.511. The van der Waals surface area contributed by atoms with Crippen molar-refractivity contribution >= 4 is 11.7 Å². The number of amides is 1. The lowest BCUT2D eigenvalue weighted by atomic mass is 9.95. The van der Waals surface area contributed by atoms with Crippen molar-refractivity contribution in [2.45, 2.75) is 57.8 Å². The zero-order chi connectivity index (χ0) is 13.2. The van der Waals surface area contributed by atoms with Crippen LogP contribution in [0, 0.1) is 5.92 Å². The molecule has 0 radical (unpaired) electrons. The van der Waals surface area contributed by atoms with Crippen molar-refractivity contribution in [3.8, 4) is 0 Å². The van der Waals surface area contributed by atoms with Crippen molar-refractivity contribution in [1.29, 1.82) is 0 Å². The van der Waals surface area contributed by atoms with E-state index in [9.17, 15) is 9.59 Å². The van der Waals surface area contributed by atoms with E-state index in [2.05, 4.69) is 11.9 Å². The molecular formula is C15H25NO2. The van der Waals surface area contributed by atoms with Crippen molar-refractivity contribution < 1.29 is 9.59 Å². The SMILES string of the molecule is C=CC(=O)C1CCCCCCCCCCNC1=O. The zero-order valence-electron chi connectivity index (χ0n) is 11.2. The van der Waals surface area contributed by atoms with E-state index >= 15 is 0 Å². The molecule has 1 atom stereocenters. The molecule has 1 aliphatic heterocycles. The first-order valence-electron chi connectivity index (χ1n) is 7.19. The molecule has 1 unspecified atom stereocenters. The topological polar surface area (TPSA) is 46.2 Å². The molecule has 0 bridgehead atoms. The molecule has 0 saturated carbocycles. The predicted octanol–water partition coefficient (Wildman–Crippen LogP) is 3.00. The van der Waals surface area contributed by atoms with Crippen LogP contribution in [0.1, 0.15) is 57.8 Å². The molecule has 18 heavy (non-hydrogen) atoms. The number of rotatable bonds is 2. The molecule has 1 amide bonds. The molecule has 1 fully saturated rings. The number of nitrogens with one attached hydrogen (secondary N) is 1. The van der Waals surface area contributed by atoms with Gasteiger partial charge in [0.2, 0.25) is 5.91 Å². The van der Waals surface area contributed by atoms with Gasteiger partial charge >= 0.3 is 0 Å². The van der Waals surface area contributed by atoms with Crippen LogP contribution in [-0.2, 0) is 9.59 Å². The molecule has 0 aromatic rings. The van der Waals surface area contributed by atoms with Gasteiger partial charge in [-0.15, -0.1) is 0 Å². The van der Waals surface area contributed by atoms with E-state index in [1.165, 1.54) is 38.2 Å². The predicted molar refractivity (Wildman–Crippen MR) is 73.3 cm³/mol. The summed E-state index contributed by atoms with van der Waals surface area (Å²) in [4.78, 5) is 23.6. The molecule has 0 spiro atoms. The Balaban J connectivity index is 2.53. The van der Waals surface area contributed by atoms with Crippen molar-refractivity contribution in [2.75, 3.05) is 6.54 Å². The van der Waals surface area contributed by atoms with Crippen LogP contribution < -0.4 is 5.32 Å². The smallest absolute Gasteiger partial charge is 0.230 e. The van der Waals surface area contributed by atoms with E-state index in [1.807, 2.05) is 0 Å². The van der Waals surface area contributed by atoms with Gasteiger partial charge in [0, 0.05) is 6.54 Å². The lowest BCUT2D eigenvalue weighted by Gasteiger charge is -2.13. The average Bonchev–Trinajstić information content (AvgIpc) is 2.40. The summed E-state index contributed by atoms with van der Waals surface area (Å²) in [5.41, 5.74) is 0. The van der Waals surface area contributed by atoms with Gasteiger partial charge in [-0.3, -0.25) is 9.59 Å². The Hall–Kier alpha value is -1.12. The summed E-state index contributed by atoms with van der Waals surface area (Å²) >= 11 is 0. The van der Waals surface area contributed by atoms with Gasteiger partial charge in [0.25, 0.3) is 0 Å². The fourth-order valence-electron chi connectivity index (χ4n) is 2.41. The van der Waals surface area contributed by atoms with E-state index < -0.39 is 5.92 Å². The number of carbonyl (C=O) groups excluding carboxylic acids is 2. The molecule has 1 heterocycles. The Morgan fingerprint density at radius 1 is 1.06 bits per heavy atom. The van der Waals surface area contributed by atoms with Crippen molar-refractivity contribution in [1.82, 2.24) is 5.32 Å². The quantitative estimate of drug-likeness (QED) is 0.606. The van der Waals surface area contributed by atoms with E-state index in [1.54, 1.807) is 0 Å². The average molecular weight is 251 g/mol. The van der Waals surface area contributed by atoms with E-state index in [-0.39, 0.29) is 11.7 Å². The number of hydrogen-bond donors (Lipinski definition) is 1. The Bertz CT molecular complexity index is 286. The Morgan fingerprint density at radius 2 is 1.61 bits per heavy atom. The minimum absolute atomic E-state index is 0.112. The molecule has 3 heteroatoms. The third-order valence-corrected chi connectivity index (χ3v) is 3.58. The zero-order valence-corrected chi connectivity index (χ0v) is 11.2. The number of hydrogen-bond acceptors (Lipinski definition) is 2. The maximum Gasteiger partial charge on any atom is 0.230 e. The van der Waals surface area contributed by atoms with E-state index in [0.717, 1.165) is 19.3 Å². The standard InChI is InChI=1S/C15H25NO2/c1-2-14(17)13-11-9-7-5-3-4-6-8-10-12-16-15(13)18/h2,13H,1,3-12H2,(H,16,18). The van der Waals surface area contributed by atoms with Gasteiger partial charge in [-0.2, -0.15) is 0 Å². The normalized spacial score (nSPS) is 24.0. The molecule has 102 valence electrons. The molecule has 1 aliphatic rings. The fourth-order valence-corrected chi connectivity index (χ4v) is 2.41. The summed E-state index contributed by atoms with van der Waals surface area (Å²) < 4.78 is 0. The van der Waals surface area contributed by atoms with Gasteiger partial charge in [0.15, 0.2) is 5.78 Å². The Kier molecular flexibility index (Phi) is 7.38. The first-order chi connectivity index (χ1) is 8.75. The van der Waals surface area contributed by atoms with Crippen LogP contribution in [0.4, 0.5) is 0 Å². The van der Waals surface area contributed by atoms with Crippen LogP contribution in [0.2, 0.25) is 0 Å². The highest BCUT2D eigenvalue weighted by molar-refractivity contribution is 6.06. The fraction of sp³-hybridized carbons (Fsp3) is 0.733. The highest BCUT2D eigenvalue weighted by Crippen LogP contribution is 2.15. The Labute approximate surface area is 110 Å². The highest BCUT2D eigenvalue weighted by Gasteiger charge is 2.23. The second-order valence-electron chi connectivity index (χ2n) is 5.07. The van der Waals surface area contributed by atoms with Gasteiger partial charge in [-0.05, 0) is 18.9 Å². The molecule has 0 aromatic heterocycles. The number of ketones is 1. The van der Waals surface area contributed by atoms with E-state index in [4.69, 9.17) is 0 Å². The van der Waals surface area contributed by atoms with E-state index in [0.29, 0.717) is 13.0 Å². The van der Waals surface area contributed by atoms with Crippen molar-refractivity contribution in [3.05, 3.63) is 12.7 Å². The third kappa shape index (κ3) is 5.48. The molecular weight excluding hydrogens is 226 g/mol. The van der Waals surface area contributed by atoms with Gasteiger partial charge in [-0.25, -0.2) is 0 Å². The van der Waals surface area contributed by atoms with Gasteiger partial charge in [-0.1, -0.05) is 51.5 Å². The highest BCUT2D eigenvalue weighted by atomic mass is 16.2. The summed E-state index contributed by atoms with van der Waals surface area (Å²) in [6.07, 6.45) is 11.2. The minimum Gasteiger partial charge on any atom is -0.355 e. The van der Waals surface area contributed by atoms with Crippen LogP contribution in [0.15, 0.2) is 12.7 Å². The van der Waals surface area contributed by atoms with Crippen molar-refractivity contribution in [2.24, 2.45) is 5.92 Å². The molecule has 3 nitrogen and oxygen atoms in total. The summed E-state index contributed by atoms with van der Waals surface area (Å²) in [6, 6.07) is 0. The van der Waals surface area contributed by atoms with Gasteiger partial charge in [0.1, 0.15) is 5.92 Å². The second-order valence-corrected chi connectivity index (χ2v) is 5.07. The molecule has 0 aromatic carbocycles. The third-order valence-electron chi connectivity index (χ3n) is 3.58. The maximum absolute atomic E-state index is 11.9. The monoisotopic (exact) mass is 251 g/mol. The van der Waals surface area contributed by atoms with Crippen LogP contribution in [0.5, 0.6) is 0 Å². The van der Waals surface area contributed by atoms with Crippen LogP contribution in [0.3, 0.4) is 0 Å². The van der Waals surface area contributed by atoms with Crippen LogP contribution in [0.25, 0.3) is 0 Å². The van der Waals surface area contributed by atoms with Gasteiger partial charge < -0.3 is 5.32 Å². The molecule has 1 N–H and O–H groups in total. The van der Waals surface area contributed by atoms with Crippen LogP contribution >= 0.6 is 0 Å². The lowest BCUT2D eigenvalue weighted by Crippen LogP contribution is -2.35. The molecule has 0 aliphatic carbocycles. The summed E-state index contributed by atoms with van der Waals surface area (Å²) in [5, 5.41) is 2.88. The molecule has 1 saturated heterocycles. The summed E-state index contributed by atoms with van der Waals surface area (Å²) in [6.45, 7) is 4.18. The first kappa shape index (κ1) is 14.9. The molecule has 1 rings (SSSR count). The number of allylic oxidation sites excluding steroid dienone is 1. The first-order valence-corrected chi connectivity index (χ1v) is 7.19.